The second-order valence-corrected chi connectivity index (χ2v) is 11.1. The maximum atomic E-state index is 14.6. The molecule has 20 heteroatoms. The number of carbonyl (C=O) groups is 2. The van der Waals surface area contributed by atoms with Crippen molar-refractivity contribution in [2.24, 2.45) is 5.41 Å². The van der Waals surface area contributed by atoms with Gasteiger partial charge in [0.15, 0.2) is 6.10 Å². The molecule has 1 unspecified atom stereocenters. The zero-order valence-corrected chi connectivity index (χ0v) is 24.6. The predicted molar refractivity (Wildman–Crippen MR) is 134 cm³/mol. The fraction of sp³-hybridized carbons (Fsp3) is 0.692. The summed E-state index contributed by atoms with van der Waals surface area (Å²) in [5, 5.41) is 11.1. The third kappa shape index (κ3) is 9.21. The summed E-state index contributed by atoms with van der Waals surface area (Å²) in [5.41, 5.74) is -0.362. The molecular formula is C26H31F13N2O5. The highest BCUT2D eigenvalue weighted by Gasteiger charge is 2.90. The van der Waals surface area contributed by atoms with Gasteiger partial charge in [-0.15, -0.1) is 0 Å². The first-order chi connectivity index (χ1) is 20.6. The maximum absolute atomic E-state index is 14.6. The molecule has 1 atom stereocenters. The number of nitrogens with one attached hydrogen (secondary N) is 1. The van der Waals surface area contributed by atoms with Crippen molar-refractivity contribution < 1.29 is 81.2 Å². The predicted octanol–water partition coefficient (Wildman–Crippen LogP) is 6.89. The summed E-state index contributed by atoms with van der Waals surface area (Å²) in [5.74, 6) is -39.3. The van der Waals surface area contributed by atoms with Gasteiger partial charge in [-0.05, 0) is 30.0 Å². The minimum Gasteiger partial charge on any atom is -0.492 e. The molecule has 0 fully saturated rings. The number of rotatable bonds is 16. The normalized spacial score (nSPS) is 14.5. The molecule has 0 aliphatic heterocycles. The Morgan fingerprint density at radius 3 is 1.76 bits per heavy atom. The van der Waals surface area contributed by atoms with Gasteiger partial charge in [0.1, 0.15) is 12.4 Å². The molecule has 0 aromatic heterocycles. The number of halogens is 13. The van der Waals surface area contributed by atoms with Crippen molar-refractivity contribution >= 4 is 12.0 Å². The molecule has 2 amide bonds. The van der Waals surface area contributed by atoms with E-state index in [0.717, 1.165) is 0 Å². The van der Waals surface area contributed by atoms with E-state index in [1.54, 1.807) is 6.92 Å². The van der Waals surface area contributed by atoms with Crippen LogP contribution in [-0.4, -0.2) is 96.7 Å². The molecular weight excluding hydrogens is 667 g/mol. The van der Waals surface area contributed by atoms with Gasteiger partial charge in [0.25, 0.3) is 0 Å². The molecule has 266 valence electrons. The lowest BCUT2D eigenvalue weighted by Gasteiger charge is -2.40. The molecule has 0 aliphatic carbocycles. The van der Waals surface area contributed by atoms with Crippen molar-refractivity contribution in [3.05, 3.63) is 29.8 Å². The number of aliphatic carboxylic acids is 1. The summed E-state index contributed by atoms with van der Waals surface area (Å²) in [6.45, 7) is 0.964. The van der Waals surface area contributed by atoms with E-state index in [1.807, 2.05) is 5.32 Å². The van der Waals surface area contributed by atoms with Crippen LogP contribution in [0.2, 0.25) is 0 Å². The van der Waals surface area contributed by atoms with Gasteiger partial charge in [0, 0.05) is 19.6 Å². The Labute approximate surface area is 254 Å². The van der Waals surface area contributed by atoms with Crippen LogP contribution in [0.1, 0.15) is 33.3 Å². The topological polar surface area (TPSA) is 88.1 Å². The van der Waals surface area contributed by atoms with Gasteiger partial charge in [-0.2, -0.15) is 57.1 Å². The Balaban J connectivity index is 3.25. The first kappa shape index (κ1) is 40.8. The van der Waals surface area contributed by atoms with Crippen LogP contribution >= 0.6 is 0 Å². The van der Waals surface area contributed by atoms with Gasteiger partial charge in [-0.3, -0.25) is 0 Å². The van der Waals surface area contributed by atoms with Gasteiger partial charge in [-0.1, -0.05) is 32.9 Å². The van der Waals surface area contributed by atoms with E-state index in [1.165, 1.54) is 45.0 Å². The molecule has 0 spiro atoms. The number of hydrogen-bond acceptors (Lipinski definition) is 4. The lowest BCUT2D eigenvalue weighted by molar-refractivity contribution is -0.439. The third-order valence-corrected chi connectivity index (χ3v) is 6.06. The van der Waals surface area contributed by atoms with Crippen LogP contribution in [0.3, 0.4) is 0 Å². The van der Waals surface area contributed by atoms with E-state index in [-0.39, 0.29) is 30.2 Å². The maximum Gasteiger partial charge on any atom is 0.460 e. The summed E-state index contributed by atoms with van der Waals surface area (Å²) in [6.07, 6.45) is -8.84. The van der Waals surface area contributed by atoms with Crippen molar-refractivity contribution in [1.82, 2.24) is 10.2 Å². The molecule has 0 aliphatic rings. The molecule has 1 rings (SSSR count). The number of carboxylic acid groups (broad SMARTS) is 1. The van der Waals surface area contributed by atoms with E-state index < -0.39 is 79.0 Å². The Morgan fingerprint density at radius 2 is 1.33 bits per heavy atom. The average molecular weight is 699 g/mol. The fourth-order valence-electron chi connectivity index (χ4n) is 3.47. The minimum atomic E-state index is -8.06. The number of carboxylic acids is 1. The lowest BCUT2D eigenvalue weighted by Crippen LogP contribution is -2.71. The van der Waals surface area contributed by atoms with Crippen LogP contribution in [-0.2, 0) is 16.0 Å². The monoisotopic (exact) mass is 698 g/mol. The van der Waals surface area contributed by atoms with Crippen LogP contribution in [0, 0.1) is 5.41 Å². The molecule has 46 heavy (non-hydrogen) atoms. The lowest BCUT2D eigenvalue weighted by atomic mass is 9.93. The van der Waals surface area contributed by atoms with Crippen molar-refractivity contribution in [3.8, 4) is 5.75 Å². The van der Waals surface area contributed by atoms with E-state index >= 15 is 0 Å². The Hall–Kier alpha value is -3.19. The summed E-state index contributed by atoms with van der Waals surface area (Å²) < 4.78 is 187. The van der Waals surface area contributed by atoms with Crippen molar-refractivity contribution in [3.63, 3.8) is 0 Å². The molecule has 1 aromatic rings. The van der Waals surface area contributed by atoms with Crippen LogP contribution in [0.5, 0.6) is 5.75 Å². The van der Waals surface area contributed by atoms with Gasteiger partial charge >= 0.3 is 47.8 Å². The van der Waals surface area contributed by atoms with E-state index in [4.69, 9.17) is 14.6 Å². The minimum absolute atomic E-state index is 0.0697. The second-order valence-electron chi connectivity index (χ2n) is 11.1. The number of amides is 2. The van der Waals surface area contributed by atoms with Crippen LogP contribution in [0.4, 0.5) is 61.9 Å². The van der Waals surface area contributed by atoms with E-state index in [2.05, 4.69) is 0 Å². The zero-order chi connectivity index (χ0) is 36.2. The average Bonchev–Trinajstić information content (AvgIpc) is 2.90. The van der Waals surface area contributed by atoms with Crippen molar-refractivity contribution in [1.29, 1.82) is 0 Å². The van der Waals surface area contributed by atoms with E-state index in [9.17, 15) is 66.7 Å². The first-order valence-electron chi connectivity index (χ1n) is 13.1. The zero-order valence-electron chi connectivity index (χ0n) is 24.6. The second kappa shape index (κ2) is 14.3. The SMILES string of the molecule is CCOC(Cc1ccc(OCCN(CC(F)(F)C(F)(F)C(F)(F)C(F)(F)C(F)(F)C(F)(F)F)C(=O)NCC(C)(C)C)cc1)C(=O)O. The number of nitrogens with zero attached hydrogens (tertiary/aromatic N) is 1. The summed E-state index contributed by atoms with van der Waals surface area (Å²) >= 11 is 0. The van der Waals surface area contributed by atoms with Crippen LogP contribution in [0.15, 0.2) is 24.3 Å². The highest BCUT2D eigenvalue weighted by molar-refractivity contribution is 5.74. The molecule has 0 saturated heterocycles. The van der Waals surface area contributed by atoms with Crippen LogP contribution in [0.25, 0.3) is 0 Å². The Bertz CT molecular complexity index is 1170. The number of hydrogen-bond donors (Lipinski definition) is 2. The number of ether oxygens (including phenoxy) is 2. The molecule has 0 heterocycles. The van der Waals surface area contributed by atoms with E-state index in [0.29, 0.717) is 5.56 Å². The number of carbonyl (C=O) groups excluding carboxylic acids is 1. The van der Waals surface area contributed by atoms with Crippen molar-refractivity contribution in [2.75, 3.05) is 32.8 Å². The number of urea groups is 1. The van der Waals surface area contributed by atoms with Gasteiger partial charge in [0.2, 0.25) is 0 Å². The smallest absolute Gasteiger partial charge is 0.460 e. The van der Waals surface area contributed by atoms with Crippen molar-refractivity contribution in [2.45, 2.75) is 76.0 Å². The largest absolute Gasteiger partial charge is 0.492 e. The molecule has 0 saturated carbocycles. The Morgan fingerprint density at radius 1 is 0.826 bits per heavy atom. The first-order valence-corrected chi connectivity index (χ1v) is 13.1. The number of benzene rings is 1. The molecule has 2 N–H and O–H groups in total. The highest BCUT2D eigenvalue weighted by atomic mass is 19.4. The molecule has 0 radical (unpaired) electrons. The van der Waals surface area contributed by atoms with Gasteiger partial charge in [-0.25, -0.2) is 9.59 Å². The number of alkyl halides is 13. The van der Waals surface area contributed by atoms with Gasteiger partial charge in [0.05, 0.1) is 13.1 Å². The summed E-state index contributed by atoms with van der Waals surface area (Å²) in [6, 6.07) is 3.51. The molecule has 0 bridgehead atoms. The third-order valence-electron chi connectivity index (χ3n) is 6.06. The molecule has 1 aromatic carbocycles. The van der Waals surface area contributed by atoms with Gasteiger partial charge < -0.3 is 24.8 Å². The van der Waals surface area contributed by atoms with Crippen LogP contribution < -0.4 is 10.1 Å². The molecule has 7 nitrogen and oxygen atoms in total. The highest BCUT2D eigenvalue weighted by Crippen LogP contribution is 2.60. The standard InChI is InChI=1S/C26H31F13N2O5/c1-5-45-17(18(42)43)12-15-6-8-16(9-7-15)46-11-10-41(19(44)40-13-20(2,3)4)14-21(27,28)22(29,30)23(31,32)24(33,34)25(35,36)26(37,38)39/h6-9,17H,5,10-14H2,1-4H3,(H,40,44)(H,42,43). The summed E-state index contributed by atoms with van der Waals surface area (Å²) in [7, 11) is 0. The quantitative estimate of drug-likeness (QED) is 0.184. The fourth-order valence-corrected chi connectivity index (χ4v) is 3.47. The summed E-state index contributed by atoms with van der Waals surface area (Å²) in [4.78, 5) is 23.5. The Kier molecular flexibility index (Phi) is 12.7.